The highest BCUT2D eigenvalue weighted by molar-refractivity contribution is 4.86. The van der Waals surface area contributed by atoms with E-state index in [0.29, 0.717) is 0 Å². The first-order chi connectivity index (χ1) is 9.06. The number of hydrogen-bond acceptors (Lipinski definition) is 2. The lowest BCUT2D eigenvalue weighted by atomic mass is 9.76. The molecule has 1 aliphatic rings. The van der Waals surface area contributed by atoms with Crippen LogP contribution in [0.2, 0.25) is 0 Å². The highest BCUT2D eigenvalue weighted by Gasteiger charge is 2.30. The van der Waals surface area contributed by atoms with Crippen LogP contribution < -0.4 is 5.32 Å². The third-order valence-electron chi connectivity index (χ3n) is 4.48. The van der Waals surface area contributed by atoms with Gasteiger partial charge in [0.05, 0.1) is 0 Å². The standard InChI is InChI=1S/C17H36N2/c1-6-8-15-9-10-17(18-7-2)16(11-15)13-19(5)12-14(3)4/h14-18H,6-13H2,1-5H3. The quantitative estimate of drug-likeness (QED) is 0.721. The molecule has 1 rings (SSSR count). The van der Waals surface area contributed by atoms with Crippen molar-refractivity contribution in [2.45, 2.75) is 65.8 Å². The minimum Gasteiger partial charge on any atom is -0.314 e. The maximum Gasteiger partial charge on any atom is 0.0108 e. The molecule has 1 fully saturated rings. The van der Waals surface area contributed by atoms with Crippen molar-refractivity contribution in [3.63, 3.8) is 0 Å². The highest BCUT2D eigenvalue weighted by Crippen LogP contribution is 2.32. The lowest BCUT2D eigenvalue weighted by Gasteiger charge is -2.39. The molecule has 0 aromatic rings. The van der Waals surface area contributed by atoms with E-state index in [1.54, 1.807) is 0 Å². The molecule has 0 aromatic heterocycles. The summed E-state index contributed by atoms with van der Waals surface area (Å²) in [6.07, 6.45) is 7.05. The van der Waals surface area contributed by atoms with Crippen molar-refractivity contribution in [1.82, 2.24) is 10.2 Å². The molecule has 0 radical (unpaired) electrons. The number of nitrogens with one attached hydrogen (secondary N) is 1. The summed E-state index contributed by atoms with van der Waals surface area (Å²) in [6.45, 7) is 12.8. The Bertz CT molecular complexity index is 227. The molecular weight excluding hydrogens is 232 g/mol. The molecule has 1 N–H and O–H groups in total. The Morgan fingerprint density at radius 1 is 1.21 bits per heavy atom. The van der Waals surface area contributed by atoms with Crippen LogP contribution in [0, 0.1) is 17.8 Å². The van der Waals surface area contributed by atoms with Crippen molar-refractivity contribution in [3.8, 4) is 0 Å². The molecule has 0 bridgehead atoms. The van der Waals surface area contributed by atoms with Crippen LogP contribution in [0.4, 0.5) is 0 Å². The van der Waals surface area contributed by atoms with Gasteiger partial charge in [-0.1, -0.05) is 40.5 Å². The Morgan fingerprint density at radius 3 is 2.53 bits per heavy atom. The molecule has 2 nitrogen and oxygen atoms in total. The van der Waals surface area contributed by atoms with Gasteiger partial charge in [-0.15, -0.1) is 0 Å². The van der Waals surface area contributed by atoms with Crippen molar-refractivity contribution in [2.75, 3.05) is 26.7 Å². The lowest BCUT2D eigenvalue weighted by molar-refractivity contribution is 0.144. The van der Waals surface area contributed by atoms with Crippen molar-refractivity contribution >= 4 is 0 Å². The predicted molar refractivity (Wildman–Crippen MR) is 85.5 cm³/mol. The summed E-state index contributed by atoms with van der Waals surface area (Å²) in [6, 6.07) is 0.757. The van der Waals surface area contributed by atoms with E-state index < -0.39 is 0 Å². The Labute approximate surface area is 121 Å². The number of hydrogen-bond donors (Lipinski definition) is 1. The van der Waals surface area contributed by atoms with E-state index in [-0.39, 0.29) is 0 Å². The molecule has 3 unspecified atom stereocenters. The van der Waals surface area contributed by atoms with E-state index in [4.69, 9.17) is 0 Å². The predicted octanol–water partition coefficient (Wildman–Crippen LogP) is 3.77. The Morgan fingerprint density at radius 2 is 1.95 bits per heavy atom. The molecular formula is C17H36N2. The molecule has 0 heterocycles. The minimum absolute atomic E-state index is 0.757. The maximum atomic E-state index is 3.73. The smallest absolute Gasteiger partial charge is 0.0108 e. The fourth-order valence-corrected chi connectivity index (χ4v) is 3.86. The topological polar surface area (TPSA) is 15.3 Å². The fourth-order valence-electron chi connectivity index (χ4n) is 3.86. The van der Waals surface area contributed by atoms with Gasteiger partial charge in [-0.25, -0.2) is 0 Å². The molecule has 19 heavy (non-hydrogen) atoms. The average molecular weight is 268 g/mol. The van der Waals surface area contributed by atoms with Gasteiger partial charge in [-0.3, -0.25) is 0 Å². The van der Waals surface area contributed by atoms with Gasteiger partial charge in [0.1, 0.15) is 0 Å². The normalized spacial score (nSPS) is 28.3. The minimum atomic E-state index is 0.757. The largest absolute Gasteiger partial charge is 0.314 e. The van der Waals surface area contributed by atoms with Gasteiger partial charge < -0.3 is 10.2 Å². The van der Waals surface area contributed by atoms with Gasteiger partial charge in [-0.2, -0.15) is 0 Å². The Kier molecular flexibility index (Phi) is 8.01. The molecule has 0 amide bonds. The van der Waals surface area contributed by atoms with Crippen LogP contribution in [0.3, 0.4) is 0 Å². The first-order valence-electron chi connectivity index (χ1n) is 8.48. The molecule has 114 valence electrons. The van der Waals surface area contributed by atoms with Crippen LogP contribution in [0.1, 0.15) is 59.8 Å². The molecule has 0 spiro atoms. The summed E-state index contributed by atoms with van der Waals surface area (Å²) in [5, 5.41) is 3.73. The second-order valence-electron chi connectivity index (χ2n) is 7.01. The summed E-state index contributed by atoms with van der Waals surface area (Å²) in [5.74, 6) is 2.61. The Hall–Kier alpha value is -0.0800. The first-order valence-corrected chi connectivity index (χ1v) is 8.48. The summed E-state index contributed by atoms with van der Waals surface area (Å²) in [5.41, 5.74) is 0. The monoisotopic (exact) mass is 268 g/mol. The number of rotatable bonds is 8. The van der Waals surface area contributed by atoms with E-state index in [2.05, 4.69) is 45.0 Å². The molecule has 2 heteroatoms. The summed E-state index contributed by atoms with van der Waals surface area (Å²) >= 11 is 0. The SMILES string of the molecule is CCCC1CCC(NCC)C(CN(C)CC(C)C)C1. The van der Waals surface area contributed by atoms with Crippen molar-refractivity contribution in [1.29, 1.82) is 0 Å². The third kappa shape index (κ3) is 6.27. The van der Waals surface area contributed by atoms with Crippen molar-refractivity contribution in [2.24, 2.45) is 17.8 Å². The van der Waals surface area contributed by atoms with Gasteiger partial charge in [-0.05, 0) is 50.6 Å². The van der Waals surface area contributed by atoms with Crippen LogP contribution in [-0.2, 0) is 0 Å². The van der Waals surface area contributed by atoms with Gasteiger partial charge in [0, 0.05) is 19.1 Å². The molecule has 0 aromatic carbocycles. The zero-order valence-corrected chi connectivity index (χ0v) is 13.9. The fraction of sp³-hybridized carbons (Fsp3) is 1.00. The van der Waals surface area contributed by atoms with Crippen LogP contribution in [0.5, 0.6) is 0 Å². The second kappa shape index (κ2) is 8.97. The zero-order chi connectivity index (χ0) is 14.3. The van der Waals surface area contributed by atoms with E-state index in [0.717, 1.165) is 30.3 Å². The highest BCUT2D eigenvalue weighted by atomic mass is 15.1. The van der Waals surface area contributed by atoms with Gasteiger partial charge in [0.15, 0.2) is 0 Å². The van der Waals surface area contributed by atoms with Crippen LogP contribution in [0.15, 0.2) is 0 Å². The molecule has 1 aliphatic carbocycles. The van der Waals surface area contributed by atoms with Gasteiger partial charge in [0.25, 0.3) is 0 Å². The van der Waals surface area contributed by atoms with E-state index >= 15 is 0 Å². The van der Waals surface area contributed by atoms with Crippen LogP contribution >= 0.6 is 0 Å². The Balaban J connectivity index is 2.50. The second-order valence-corrected chi connectivity index (χ2v) is 7.01. The van der Waals surface area contributed by atoms with E-state index in [1.807, 2.05) is 0 Å². The van der Waals surface area contributed by atoms with Crippen molar-refractivity contribution in [3.05, 3.63) is 0 Å². The van der Waals surface area contributed by atoms with Crippen LogP contribution in [0.25, 0.3) is 0 Å². The molecule has 0 saturated heterocycles. The van der Waals surface area contributed by atoms with Crippen LogP contribution in [-0.4, -0.2) is 37.6 Å². The molecule has 3 atom stereocenters. The molecule has 0 aliphatic heterocycles. The summed E-state index contributed by atoms with van der Waals surface area (Å²) < 4.78 is 0. The third-order valence-corrected chi connectivity index (χ3v) is 4.48. The van der Waals surface area contributed by atoms with E-state index in [9.17, 15) is 0 Å². The average Bonchev–Trinajstić information content (AvgIpc) is 2.32. The molecule has 1 saturated carbocycles. The lowest BCUT2D eigenvalue weighted by Crippen LogP contribution is -2.45. The first kappa shape index (κ1) is 17.0. The summed E-state index contributed by atoms with van der Waals surface area (Å²) in [4.78, 5) is 2.55. The van der Waals surface area contributed by atoms with Gasteiger partial charge >= 0.3 is 0 Å². The van der Waals surface area contributed by atoms with Crippen molar-refractivity contribution < 1.29 is 0 Å². The number of nitrogens with zero attached hydrogens (tertiary/aromatic N) is 1. The van der Waals surface area contributed by atoms with Gasteiger partial charge in [0.2, 0.25) is 0 Å². The van der Waals surface area contributed by atoms with E-state index in [1.165, 1.54) is 45.2 Å². The zero-order valence-electron chi connectivity index (χ0n) is 13.9. The maximum absolute atomic E-state index is 3.73. The summed E-state index contributed by atoms with van der Waals surface area (Å²) in [7, 11) is 2.30.